The first kappa shape index (κ1) is 22.7. The second-order valence-electron chi connectivity index (χ2n) is 6.75. The molecule has 0 aliphatic rings. The van der Waals surface area contributed by atoms with Gasteiger partial charge in [-0.05, 0) is 30.2 Å². The van der Waals surface area contributed by atoms with Crippen molar-refractivity contribution < 1.29 is 23.8 Å². The Balaban J connectivity index is 2.10. The fraction of sp³-hybridized carbons (Fsp3) is 0.318. The fourth-order valence-electron chi connectivity index (χ4n) is 2.76. The van der Waals surface area contributed by atoms with Crippen molar-refractivity contribution in [2.75, 3.05) is 21.3 Å². The van der Waals surface area contributed by atoms with Crippen molar-refractivity contribution >= 4 is 18.0 Å². The van der Waals surface area contributed by atoms with Gasteiger partial charge in [0.25, 0.3) is 11.8 Å². The number of ether oxygens (including phenoxy) is 3. The molecule has 160 valence electrons. The Morgan fingerprint density at radius 3 is 2.07 bits per heavy atom. The summed E-state index contributed by atoms with van der Waals surface area (Å²) in [5.41, 5.74) is 3.60. The molecule has 2 aromatic carbocycles. The van der Waals surface area contributed by atoms with Gasteiger partial charge in [-0.25, -0.2) is 5.43 Å². The average molecular weight is 413 g/mol. The van der Waals surface area contributed by atoms with Gasteiger partial charge in [0.1, 0.15) is 6.04 Å². The van der Waals surface area contributed by atoms with E-state index in [2.05, 4.69) is 15.8 Å². The first-order chi connectivity index (χ1) is 14.4. The molecule has 0 aliphatic heterocycles. The Kier molecular flexibility index (Phi) is 8.22. The molecule has 1 unspecified atom stereocenters. The third-order valence-corrected chi connectivity index (χ3v) is 4.35. The highest BCUT2D eigenvalue weighted by Gasteiger charge is 2.24. The summed E-state index contributed by atoms with van der Waals surface area (Å²) in [4.78, 5) is 25.0. The summed E-state index contributed by atoms with van der Waals surface area (Å²) >= 11 is 0. The number of carbonyl (C=O) groups is 2. The summed E-state index contributed by atoms with van der Waals surface area (Å²) in [5.74, 6) is 0.536. The van der Waals surface area contributed by atoms with Gasteiger partial charge in [-0.3, -0.25) is 9.59 Å². The SMILES string of the molecule is COc1cc(C=NNC(=O)C(NC(=O)c2ccccc2)C(C)C)cc(OC)c1OC. The van der Waals surface area contributed by atoms with Crippen LogP contribution < -0.4 is 25.0 Å². The summed E-state index contributed by atoms with van der Waals surface area (Å²) in [7, 11) is 4.55. The largest absolute Gasteiger partial charge is 0.493 e. The summed E-state index contributed by atoms with van der Waals surface area (Å²) in [6.07, 6.45) is 1.46. The van der Waals surface area contributed by atoms with Crippen molar-refractivity contribution in [2.24, 2.45) is 11.0 Å². The van der Waals surface area contributed by atoms with Crippen molar-refractivity contribution in [3.8, 4) is 17.2 Å². The second kappa shape index (κ2) is 10.8. The summed E-state index contributed by atoms with van der Waals surface area (Å²) < 4.78 is 15.9. The lowest BCUT2D eigenvalue weighted by Gasteiger charge is -2.20. The van der Waals surface area contributed by atoms with Gasteiger partial charge < -0.3 is 19.5 Å². The zero-order chi connectivity index (χ0) is 22.1. The third-order valence-electron chi connectivity index (χ3n) is 4.35. The zero-order valence-corrected chi connectivity index (χ0v) is 17.8. The number of carbonyl (C=O) groups excluding carboxylic acids is 2. The van der Waals surface area contributed by atoms with E-state index in [9.17, 15) is 9.59 Å². The molecule has 2 rings (SSSR count). The molecule has 2 amide bonds. The molecule has 2 aromatic rings. The molecule has 0 fully saturated rings. The first-order valence-electron chi connectivity index (χ1n) is 9.40. The van der Waals surface area contributed by atoms with Crippen LogP contribution in [-0.2, 0) is 4.79 Å². The quantitative estimate of drug-likeness (QED) is 0.486. The van der Waals surface area contributed by atoms with Crippen LogP contribution >= 0.6 is 0 Å². The minimum Gasteiger partial charge on any atom is -0.493 e. The fourth-order valence-corrected chi connectivity index (χ4v) is 2.76. The topological polar surface area (TPSA) is 98.2 Å². The van der Waals surface area contributed by atoms with E-state index in [1.54, 1.807) is 36.4 Å². The molecule has 0 aliphatic carbocycles. The predicted molar refractivity (Wildman–Crippen MR) is 114 cm³/mol. The first-order valence-corrected chi connectivity index (χ1v) is 9.40. The van der Waals surface area contributed by atoms with Crippen LogP contribution in [0.4, 0.5) is 0 Å². The van der Waals surface area contributed by atoms with E-state index < -0.39 is 11.9 Å². The summed E-state index contributed by atoms with van der Waals surface area (Å²) in [5, 5.41) is 6.75. The standard InChI is InChI=1S/C22H27N3O5/c1-14(2)19(24-21(26)16-9-7-6-8-10-16)22(27)25-23-13-15-11-17(28-3)20(30-5)18(12-15)29-4/h6-14,19H,1-5H3,(H,24,26)(H,25,27). The van der Waals surface area contributed by atoms with Crippen molar-refractivity contribution in [1.29, 1.82) is 0 Å². The molecule has 0 saturated heterocycles. The molecule has 0 heterocycles. The monoisotopic (exact) mass is 413 g/mol. The number of nitrogens with one attached hydrogen (secondary N) is 2. The van der Waals surface area contributed by atoms with E-state index in [0.717, 1.165) is 0 Å². The molecule has 8 nitrogen and oxygen atoms in total. The number of hydrogen-bond donors (Lipinski definition) is 2. The number of benzene rings is 2. The van der Waals surface area contributed by atoms with Gasteiger partial charge in [0.15, 0.2) is 11.5 Å². The van der Waals surface area contributed by atoms with Crippen LogP contribution in [0.25, 0.3) is 0 Å². The van der Waals surface area contributed by atoms with Crippen LogP contribution in [-0.4, -0.2) is 45.4 Å². The van der Waals surface area contributed by atoms with Crippen LogP contribution in [0.2, 0.25) is 0 Å². The maximum Gasteiger partial charge on any atom is 0.262 e. The highest BCUT2D eigenvalue weighted by atomic mass is 16.5. The van der Waals surface area contributed by atoms with Crippen molar-refractivity contribution in [1.82, 2.24) is 10.7 Å². The number of nitrogens with zero attached hydrogens (tertiary/aromatic N) is 1. The lowest BCUT2D eigenvalue weighted by atomic mass is 10.0. The molecule has 30 heavy (non-hydrogen) atoms. The lowest BCUT2D eigenvalue weighted by molar-refractivity contribution is -0.123. The van der Waals surface area contributed by atoms with Crippen molar-refractivity contribution in [2.45, 2.75) is 19.9 Å². The smallest absolute Gasteiger partial charge is 0.262 e. The second-order valence-corrected chi connectivity index (χ2v) is 6.75. The zero-order valence-electron chi connectivity index (χ0n) is 17.8. The van der Waals surface area contributed by atoms with E-state index in [1.807, 2.05) is 19.9 Å². The van der Waals surface area contributed by atoms with Gasteiger partial charge in [-0.2, -0.15) is 5.10 Å². The highest BCUT2D eigenvalue weighted by Crippen LogP contribution is 2.37. The van der Waals surface area contributed by atoms with E-state index in [4.69, 9.17) is 14.2 Å². The highest BCUT2D eigenvalue weighted by molar-refractivity contribution is 5.97. The molecular weight excluding hydrogens is 386 g/mol. The summed E-state index contributed by atoms with van der Waals surface area (Å²) in [6.45, 7) is 3.69. The Morgan fingerprint density at radius 1 is 0.967 bits per heavy atom. The number of rotatable bonds is 9. The maximum absolute atomic E-state index is 12.6. The van der Waals surface area contributed by atoms with Gasteiger partial charge >= 0.3 is 0 Å². The molecule has 0 saturated carbocycles. The Labute approximate surface area is 176 Å². The average Bonchev–Trinajstić information content (AvgIpc) is 2.76. The van der Waals surface area contributed by atoms with E-state index >= 15 is 0 Å². The number of hydrogen-bond acceptors (Lipinski definition) is 6. The Bertz CT molecular complexity index is 872. The van der Waals surface area contributed by atoms with Gasteiger partial charge in [-0.1, -0.05) is 32.0 Å². The Morgan fingerprint density at radius 2 is 1.57 bits per heavy atom. The molecule has 1 atom stereocenters. The van der Waals surface area contributed by atoms with Gasteiger partial charge in [0, 0.05) is 11.1 Å². The normalized spacial score (nSPS) is 11.8. The molecule has 0 spiro atoms. The minimum absolute atomic E-state index is 0.131. The maximum atomic E-state index is 12.6. The van der Waals surface area contributed by atoms with Gasteiger partial charge in [0.2, 0.25) is 5.75 Å². The van der Waals surface area contributed by atoms with Crippen LogP contribution in [0, 0.1) is 5.92 Å². The van der Waals surface area contributed by atoms with E-state index in [-0.39, 0.29) is 11.8 Å². The van der Waals surface area contributed by atoms with Crippen LogP contribution in [0.3, 0.4) is 0 Å². The molecule has 0 radical (unpaired) electrons. The van der Waals surface area contributed by atoms with Crippen LogP contribution in [0.5, 0.6) is 17.2 Å². The number of amides is 2. The van der Waals surface area contributed by atoms with Crippen molar-refractivity contribution in [3.05, 3.63) is 53.6 Å². The summed E-state index contributed by atoms with van der Waals surface area (Å²) in [6, 6.07) is 11.4. The van der Waals surface area contributed by atoms with Gasteiger partial charge in [0.05, 0.1) is 27.5 Å². The third kappa shape index (κ3) is 5.73. The lowest BCUT2D eigenvalue weighted by Crippen LogP contribution is -2.48. The number of hydrazone groups is 1. The molecule has 0 aromatic heterocycles. The number of methoxy groups -OCH3 is 3. The van der Waals surface area contributed by atoms with Crippen molar-refractivity contribution in [3.63, 3.8) is 0 Å². The molecule has 8 heteroatoms. The van der Waals surface area contributed by atoms with Crippen LogP contribution in [0.15, 0.2) is 47.6 Å². The predicted octanol–water partition coefficient (Wildman–Crippen LogP) is 2.62. The minimum atomic E-state index is -0.741. The molecular formula is C22H27N3O5. The molecule has 2 N–H and O–H groups in total. The van der Waals surface area contributed by atoms with E-state index in [0.29, 0.717) is 28.4 Å². The van der Waals surface area contributed by atoms with Crippen LogP contribution in [0.1, 0.15) is 29.8 Å². The molecule has 0 bridgehead atoms. The Hall–Kier alpha value is -3.55. The van der Waals surface area contributed by atoms with E-state index in [1.165, 1.54) is 27.5 Å². The van der Waals surface area contributed by atoms with Gasteiger partial charge in [-0.15, -0.1) is 0 Å².